The number of fused-ring (bicyclic) bond motifs is 1. The summed E-state index contributed by atoms with van der Waals surface area (Å²) in [4.78, 5) is 12.3. The van der Waals surface area contributed by atoms with Crippen LogP contribution in [0.3, 0.4) is 0 Å². The SMILES string of the molecule is Cc1ccc(CNC(=O)c2cc3cc(Cl)ccc3oc2=N)cc1. The van der Waals surface area contributed by atoms with Gasteiger partial charge in [0.05, 0.1) is 0 Å². The lowest BCUT2D eigenvalue weighted by Gasteiger charge is -2.07. The van der Waals surface area contributed by atoms with Gasteiger partial charge in [-0.25, -0.2) is 0 Å². The molecule has 3 aromatic rings. The van der Waals surface area contributed by atoms with E-state index >= 15 is 0 Å². The molecule has 1 amide bonds. The van der Waals surface area contributed by atoms with E-state index < -0.39 is 0 Å². The van der Waals surface area contributed by atoms with Crippen molar-refractivity contribution in [3.05, 3.63) is 75.8 Å². The number of halogens is 1. The van der Waals surface area contributed by atoms with Crippen molar-refractivity contribution >= 4 is 28.5 Å². The minimum Gasteiger partial charge on any atom is -0.438 e. The molecule has 2 aromatic carbocycles. The Morgan fingerprint density at radius 1 is 1.17 bits per heavy atom. The molecule has 0 saturated heterocycles. The van der Waals surface area contributed by atoms with E-state index in [9.17, 15) is 4.79 Å². The Balaban J connectivity index is 1.84. The highest BCUT2D eigenvalue weighted by atomic mass is 35.5. The Morgan fingerprint density at radius 3 is 2.65 bits per heavy atom. The monoisotopic (exact) mass is 326 g/mol. The van der Waals surface area contributed by atoms with Gasteiger partial charge >= 0.3 is 0 Å². The van der Waals surface area contributed by atoms with Crippen LogP contribution in [0.25, 0.3) is 11.0 Å². The third-order valence-corrected chi connectivity index (χ3v) is 3.78. The van der Waals surface area contributed by atoms with Gasteiger partial charge in [-0.15, -0.1) is 0 Å². The number of aryl methyl sites for hydroxylation is 1. The maximum Gasteiger partial charge on any atom is 0.257 e. The Bertz CT molecular complexity index is 930. The molecule has 0 bridgehead atoms. The number of carbonyl (C=O) groups is 1. The van der Waals surface area contributed by atoms with Crippen LogP contribution in [0.4, 0.5) is 0 Å². The molecule has 3 rings (SSSR count). The molecule has 1 heterocycles. The summed E-state index contributed by atoms with van der Waals surface area (Å²) < 4.78 is 5.38. The predicted molar refractivity (Wildman–Crippen MR) is 89.4 cm³/mol. The van der Waals surface area contributed by atoms with Crippen molar-refractivity contribution in [2.75, 3.05) is 0 Å². The molecule has 4 nitrogen and oxygen atoms in total. The molecule has 0 fully saturated rings. The lowest BCUT2D eigenvalue weighted by Crippen LogP contribution is -2.27. The molecular formula is C18H15ClN2O2. The van der Waals surface area contributed by atoms with Gasteiger partial charge in [-0.3, -0.25) is 10.2 Å². The second-order valence-corrected chi connectivity index (χ2v) is 5.78. The molecule has 1 aromatic heterocycles. The van der Waals surface area contributed by atoms with Crippen LogP contribution in [0.2, 0.25) is 5.02 Å². The number of benzene rings is 2. The van der Waals surface area contributed by atoms with E-state index in [1.165, 1.54) is 5.56 Å². The van der Waals surface area contributed by atoms with E-state index in [1.807, 2.05) is 31.2 Å². The van der Waals surface area contributed by atoms with Crippen LogP contribution in [0.5, 0.6) is 0 Å². The first-order valence-corrected chi connectivity index (χ1v) is 7.52. The molecule has 0 radical (unpaired) electrons. The zero-order valence-corrected chi connectivity index (χ0v) is 13.3. The molecule has 0 saturated carbocycles. The molecule has 0 aliphatic rings. The fourth-order valence-corrected chi connectivity index (χ4v) is 2.44. The first-order valence-electron chi connectivity index (χ1n) is 7.15. The number of nitrogens with one attached hydrogen (secondary N) is 2. The van der Waals surface area contributed by atoms with Crippen LogP contribution in [-0.2, 0) is 6.54 Å². The standard InChI is InChI=1S/C18H15ClN2O2/c1-11-2-4-12(5-3-11)10-21-18(22)15-9-13-8-14(19)6-7-16(13)23-17(15)20/h2-9,20H,10H2,1H3,(H,21,22). The van der Waals surface area contributed by atoms with E-state index in [2.05, 4.69) is 5.32 Å². The molecule has 0 unspecified atom stereocenters. The molecule has 5 heteroatoms. The highest BCUT2D eigenvalue weighted by Gasteiger charge is 2.11. The molecular weight excluding hydrogens is 312 g/mol. The predicted octanol–water partition coefficient (Wildman–Crippen LogP) is 3.80. The summed E-state index contributed by atoms with van der Waals surface area (Å²) >= 11 is 5.96. The fraction of sp³-hybridized carbons (Fsp3) is 0.111. The summed E-state index contributed by atoms with van der Waals surface area (Å²) in [5.41, 5.74) is 2.71. The topological polar surface area (TPSA) is 66.1 Å². The summed E-state index contributed by atoms with van der Waals surface area (Å²) in [5.74, 6) is -0.346. The second-order valence-electron chi connectivity index (χ2n) is 5.34. The van der Waals surface area contributed by atoms with Crippen molar-refractivity contribution in [2.45, 2.75) is 13.5 Å². The number of rotatable bonds is 3. The summed E-state index contributed by atoms with van der Waals surface area (Å²) in [7, 11) is 0. The van der Waals surface area contributed by atoms with Gasteiger partial charge in [-0.05, 0) is 36.8 Å². The highest BCUT2D eigenvalue weighted by molar-refractivity contribution is 6.31. The Hall–Kier alpha value is -2.59. The van der Waals surface area contributed by atoms with Crippen LogP contribution < -0.4 is 10.9 Å². The molecule has 116 valence electrons. The van der Waals surface area contributed by atoms with Gasteiger partial charge in [0.2, 0.25) is 5.55 Å². The number of amides is 1. The highest BCUT2D eigenvalue weighted by Crippen LogP contribution is 2.18. The van der Waals surface area contributed by atoms with Gasteiger partial charge in [-0.1, -0.05) is 41.4 Å². The molecule has 23 heavy (non-hydrogen) atoms. The molecule has 0 aliphatic carbocycles. The Labute approximate surface area is 138 Å². The van der Waals surface area contributed by atoms with Gasteiger partial charge in [0.1, 0.15) is 11.1 Å². The first kappa shape index (κ1) is 15.3. The smallest absolute Gasteiger partial charge is 0.257 e. The van der Waals surface area contributed by atoms with Crippen LogP contribution in [0, 0.1) is 12.3 Å². The van der Waals surface area contributed by atoms with Crippen LogP contribution in [0.15, 0.2) is 52.9 Å². The van der Waals surface area contributed by atoms with Crippen LogP contribution in [-0.4, -0.2) is 5.91 Å². The molecule has 2 N–H and O–H groups in total. The van der Waals surface area contributed by atoms with Gasteiger partial charge in [0, 0.05) is 17.0 Å². The summed E-state index contributed by atoms with van der Waals surface area (Å²) in [6.45, 7) is 2.41. The quantitative estimate of drug-likeness (QED) is 0.768. The lowest BCUT2D eigenvalue weighted by molar-refractivity contribution is 0.0946. The lowest BCUT2D eigenvalue weighted by atomic mass is 10.1. The average Bonchev–Trinajstić information content (AvgIpc) is 2.54. The van der Waals surface area contributed by atoms with Gasteiger partial charge < -0.3 is 9.73 Å². The van der Waals surface area contributed by atoms with E-state index in [0.717, 1.165) is 5.56 Å². The van der Waals surface area contributed by atoms with E-state index in [1.54, 1.807) is 24.3 Å². The van der Waals surface area contributed by atoms with Gasteiger partial charge in [0.15, 0.2) is 0 Å². The zero-order valence-electron chi connectivity index (χ0n) is 12.5. The van der Waals surface area contributed by atoms with Crippen molar-refractivity contribution in [1.29, 1.82) is 5.41 Å². The minimum atomic E-state index is -0.346. The molecule has 0 aliphatic heterocycles. The largest absolute Gasteiger partial charge is 0.438 e. The Morgan fingerprint density at radius 2 is 1.91 bits per heavy atom. The van der Waals surface area contributed by atoms with Crippen molar-refractivity contribution in [2.24, 2.45) is 0 Å². The number of hydrogen-bond acceptors (Lipinski definition) is 3. The van der Waals surface area contributed by atoms with Crippen molar-refractivity contribution in [3.63, 3.8) is 0 Å². The zero-order chi connectivity index (χ0) is 16.4. The third kappa shape index (κ3) is 3.43. The van der Waals surface area contributed by atoms with E-state index in [-0.39, 0.29) is 17.0 Å². The number of carbonyl (C=O) groups excluding carboxylic acids is 1. The fourth-order valence-electron chi connectivity index (χ4n) is 2.26. The van der Waals surface area contributed by atoms with Crippen LogP contribution >= 0.6 is 11.6 Å². The minimum absolute atomic E-state index is 0.166. The normalized spacial score (nSPS) is 10.7. The van der Waals surface area contributed by atoms with Crippen molar-refractivity contribution < 1.29 is 9.21 Å². The summed E-state index contributed by atoms with van der Waals surface area (Å²) in [6, 6.07) is 14.6. The summed E-state index contributed by atoms with van der Waals surface area (Å²) in [5, 5.41) is 11.9. The van der Waals surface area contributed by atoms with Gasteiger partial charge in [-0.2, -0.15) is 0 Å². The van der Waals surface area contributed by atoms with Crippen molar-refractivity contribution in [1.82, 2.24) is 5.32 Å². The molecule has 0 spiro atoms. The maximum absolute atomic E-state index is 12.3. The average molecular weight is 327 g/mol. The number of hydrogen-bond donors (Lipinski definition) is 2. The van der Waals surface area contributed by atoms with Gasteiger partial charge in [0.25, 0.3) is 5.91 Å². The Kier molecular flexibility index (Phi) is 4.17. The summed E-state index contributed by atoms with van der Waals surface area (Å²) in [6.07, 6.45) is 0. The van der Waals surface area contributed by atoms with E-state index in [0.29, 0.717) is 22.5 Å². The maximum atomic E-state index is 12.3. The second kappa shape index (κ2) is 6.26. The first-order chi connectivity index (χ1) is 11.0. The van der Waals surface area contributed by atoms with Crippen LogP contribution in [0.1, 0.15) is 21.5 Å². The molecule has 0 atom stereocenters. The van der Waals surface area contributed by atoms with E-state index in [4.69, 9.17) is 21.4 Å². The third-order valence-electron chi connectivity index (χ3n) is 3.55. The van der Waals surface area contributed by atoms with Crippen molar-refractivity contribution in [3.8, 4) is 0 Å².